The molecule has 2 aromatic rings. The van der Waals surface area contributed by atoms with Gasteiger partial charge in [0.25, 0.3) is 5.91 Å². The lowest BCUT2D eigenvalue weighted by molar-refractivity contribution is 0.0974. The van der Waals surface area contributed by atoms with Gasteiger partial charge in [-0.25, -0.2) is 9.71 Å². The molecule has 1 amide bonds. The van der Waals surface area contributed by atoms with Crippen molar-refractivity contribution in [2.75, 3.05) is 26.2 Å². The Labute approximate surface area is 148 Å². The Balaban J connectivity index is 1.75. The summed E-state index contributed by atoms with van der Waals surface area (Å²) in [7, 11) is -3.86. The molecule has 1 fully saturated rings. The number of thiazole rings is 1. The number of hydrogen-bond donors (Lipinski definition) is 2. The standard InChI is InChI=1S/C14H15ClN4O3S2/c15-11-4-2-1-3-10(11)14-17-12(9-23-14)13(20)18-24(21,22)19-7-5-16-6-8-19/h1-4,9,16H,5-8H2,(H,18,20). The molecule has 24 heavy (non-hydrogen) atoms. The summed E-state index contributed by atoms with van der Waals surface area (Å²) in [6.07, 6.45) is 0. The molecule has 0 radical (unpaired) electrons. The fourth-order valence-electron chi connectivity index (χ4n) is 2.26. The number of piperazine rings is 1. The number of benzene rings is 1. The van der Waals surface area contributed by atoms with Crippen LogP contribution in [-0.2, 0) is 10.2 Å². The predicted octanol–water partition coefficient (Wildman–Crippen LogP) is 1.34. The molecule has 0 unspecified atom stereocenters. The molecule has 0 aliphatic carbocycles. The van der Waals surface area contributed by atoms with Crippen LogP contribution in [0.1, 0.15) is 10.5 Å². The van der Waals surface area contributed by atoms with E-state index in [-0.39, 0.29) is 5.69 Å². The zero-order valence-corrected chi connectivity index (χ0v) is 14.9. The van der Waals surface area contributed by atoms with Crippen LogP contribution in [0.5, 0.6) is 0 Å². The Hall–Kier alpha value is -1.52. The van der Waals surface area contributed by atoms with E-state index in [0.29, 0.717) is 41.8 Å². The number of carbonyl (C=O) groups excluding carboxylic acids is 1. The van der Waals surface area contributed by atoms with Crippen molar-refractivity contribution < 1.29 is 13.2 Å². The number of nitrogens with zero attached hydrogens (tertiary/aromatic N) is 2. The van der Waals surface area contributed by atoms with Crippen LogP contribution in [0.25, 0.3) is 10.6 Å². The van der Waals surface area contributed by atoms with E-state index in [4.69, 9.17) is 11.6 Å². The molecule has 0 saturated carbocycles. The minimum absolute atomic E-state index is 0.0497. The number of nitrogens with one attached hydrogen (secondary N) is 2. The highest BCUT2D eigenvalue weighted by Crippen LogP contribution is 2.30. The predicted molar refractivity (Wildman–Crippen MR) is 93.4 cm³/mol. The second kappa shape index (κ2) is 7.16. The van der Waals surface area contributed by atoms with E-state index < -0.39 is 16.1 Å². The number of halogens is 1. The fraction of sp³-hybridized carbons (Fsp3) is 0.286. The van der Waals surface area contributed by atoms with E-state index >= 15 is 0 Å². The van der Waals surface area contributed by atoms with Gasteiger partial charge in [-0.05, 0) is 6.07 Å². The highest BCUT2D eigenvalue weighted by atomic mass is 35.5. The van der Waals surface area contributed by atoms with Crippen LogP contribution in [0.3, 0.4) is 0 Å². The maximum absolute atomic E-state index is 12.2. The summed E-state index contributed by atoms with van der Waals surface area (Å²) in [6.45, 7) is 1.76. The number of rotatable bonds is 4. The summed E-state index contributed by atoms with van der Waals surface area (Å²) >= 11 is 7.35. The van der Waals surface area contributed by atoms with Gasteiger partial charge in [0.2, 0.25) is 0 Å². The third-order valence-corrected chi connectivity index (χ3v) is 6.17. The van der Waals surface area contributed by atoms with Crippen molar-refractivity contribution in [1.82, 2.24) is 19.3 Å². The van der Waals surface area contributed by atoms with Gasteiger partial charge in [0.15, 0.2) is 0 Å². The Morgan fingerprint density at radius 2 is 2.00 bits per heavy atom. The fourth-order valence-corrected chi connectivity index (χ4v) is 4.51. The van der Waals surface area contributed by atoms with Crippen LogP contribution >= 0.6 is 22.9 Å². The van der Waals surface area contributed by atoms with Crippen LogP contribution in [0.2, 0.25) is 5.02 Å². The lowest BCUT2D eigenvalue weighted by Gasteiger charge is -2.26. The van der Waals surface area contributed by atoms with E-state index in [2.05, 4.69) is 15.0 Å². The molecule has 0 bridgehead atoms. The smallest absolute Gasteiger partial charge is 0.304 e. The van der Waals surface area contributed by atoms with Gasteiger partial charge in [-0.1, -0.05) is 29.8 Å². The van der Waals surface area contributed by atoms with Gasteiger partial charge in [-0.15, -0.1) is 11.3 Å². The van der Waals surface area contributed by atoms with Crippen LogP contribution in [-0.4, -0.2) is 49.8 Å². The van der Waals surface area contributed by atoms with Crippen molar-refractivity contribution in [3.8, 4) is 10.6 Å². The van der Waals surface area contributed by atoms with E-state index in [1.54, 1.807) is 18.2 Å². The van der Waals surface area contributed by atoms with Crippen molar-refractivity contribution in [3.63, 3.8) is 0 Å². The zero-order valence-electron chi connectivity index (χ0n) is 12.5. The minimum Gasteiger partial charge on any atom is -0.314 e. The van der Waals surface area contributed by atoms with E-state index in [1.165, 1.54) is 21.0 Å². The van der Waals surface area contributed by atoms with Gasteiger partial charge >= 0.3 is 10.2 Å². The highest BCUT2D eigenvalue weighted by molar-refractivity contribution is 7.87. The summed E-state index contributed by atoms with van der Waals surface area (Å²) in [5.74, 6) is -0.747. The number of aromatic nitrogens is 1. The number of hydrogen-bond acceptors (Lipinski definition) is 6. The van der Waals surface area contributed by atoms with E-state index in [0.717, 1.165) is 0 Å². The molecule has 7 nitrogen and oxygen atoms in total. The highest BCUT2D eigenvalue weighted by Gasteiger charge is 2.27. The van der Waals surface area contributed by atoms with Gasteiger partial charge in [0.05, 0.1) is 5.02 Å². The minimum atomic E-state index is -3.86. The SMILES string of the molecule is O=C(NS(=O)(=O)N1CCNCC1)c1csc(-c2ccccc2Cl)n1. The third kappa shape index (κ3) is 3.76. The quantitative estimate of drug-likeness (QED) is 0.827. The molecule has 10 heteroatoms. The summed E-state index contributed by atoms with van der Waals surface area (Å²) < 4.78 is 27.7. The monoisotopic (exact) mass is 386 g/mol. The average Bonchev–Trinajstić information content (AvgIpc) is 3.06. The van der Waals surface area contributed by atoms with Crippen molar-refractivity contribution in [3.05, 3.63) is 40.4 Å². The lowest BCUT2D eigenvalue weighted by Crippen LogP contribution is -2.51. The molecule has 2 heterocycles. The molecule has 1 aromatic heterocycles. The summed E-state index contributed by atoms with van der Waals surface area (Å²) in [6, 6.07) is 7.14. The molecule has 0 spiro atoms. The molecule has 0 atom stereocenters. The molecule has 1 aromatic carbocycles. The van der Waals surface area contributed by atoms with E-state index in [1.807, 2.05) is 6.07 Å². The second-order valence-electron chi connectivity index (χ2n) is 5.10. The number of carbonyl (C=O) groups is 1. The van der Waals surface area contributed by atoms with E-state index in [9.17, 15) is 13.2 Å². The first-order valence-electron chi connectivity index (χ1n) is 7.21. The first kappa shape index (κ1) is 17.3. The third-order valence-electron chi connectivity index (χ3n) is 3.48. The van der Waals surface area contributed by atoms with Gasteiger partial charge in [-0.2, -0.15) is 12.7 Å². The van der Waals surface area contributed by atoms with Gasteiger partial charge in [0, 0.05) is 37.1 Å². The first-order valence-corrected chi connectivity index (χ1v) is 9.90. The Morgan fingerprint density at radius 1 is 1.29 bits per heavy atom. The summed E-state index contributed by atoms with van der Waals surface area (Å²) in [5, 5.41) is 5.65. The van der Waals surface area contributed by atoms with Crippen LogP contribution in [0.4, 0.5) is 0 Å². The Kier molecular flexibility index (Phi) is 5.16. The van der Waals surface area contributed by atoms with Crippen molar-refractivity contribution >= 4 is 39.1 Å². The Morgan fingerprint density at radius 3 is 2.71 bits per heavy atom. The lowest BCUT2D eigenvalue weighted by atomic mass is 10.2. The van der Waals surface area contributed by atoms with Crippen LogP contribution in [0.15, 0.2) is 29.6 Å². The van der Waals surface area contributed by atoms with Crippen molar-refractivity contribution in [1.29, 1.82) is 0 Å². The second-order valence-corrected chi connectivity index (χ2v) is 8.04. The van der Waals surface area contributed by atoms with Crippen molar-refractivity contribution in [2.24, 2.45) is 0 Å². The van der Waals surface area contributed by atoms with Gasteiger partial charge in [-0.3, -0.25) is 4.79 Å². The molecular formula is C14H15ClN4O3S2. The van der Waals surface area contributed by atoms with Crippen LogP contribution < -0.4 is 10.0 Å². The molecule has 1 saturated heterocycles. The molecule has 3 rings (SSSR count). The topological polar surface area (TPSA) is 91.4 Å². The molecule has 2 N–H and O–H groups in total. The summed E-state index contributed by atoms with van der Waals surface area (Å²) in [5.41, 5.74) is 0.752. The maximum Gasteiger partial charge on any atom is 0.304 e. The molecule has 1 aliphatic rings. The molecule has 1 aliphatic heterocycles. The van der Waals surface area contributed by atoms with Gasteiger partial charge < -0.3 is 5.32 Å². The maximum atomic E-state index is 12.2. The molecule has 128 valence electrons. The van der Waals surface area contributed by atoms with Crippen molar-refractivity contribution in [2.45, 2.75) is 0 Å². The average molecular weight is 387 g/mol. The first-order chi connectivity index (χ1) is 11.5. The van der Waals surface area contributed by atoms with Crippen LogP contribution in [0, 0.1) is 0 Å². The molecular weight excluding hydrogens is 372 g/mol. The largest absolute Gasteiger partial charge is 0.314 e. The zero-order chi connectivity index (χ0) is 17.2. The van der Waals surface area contributed by atoms with Gasteiger partial charge in [0.1, 0.15) is 10.7 Å². The normalized spacial score (nSPS) is 16.0. The number of amides is 1. The summed E-state index contributed by atoms with van der Waals surface area (Å²) in [4.78, 5) is 16.4. The Bertz CT molecular complexity index is 847.